The Labute approximate surface area is 161 Å². The highest BCUT2D eigenvalue weighted by atomic mass is 32.2. The lowest BCUT2D eigenvalue weighted by Crippen LogP contribution is -1.98. The Balaban J connectivity index is 1.84. The fourth-order valence-corrected chi connectivity index (χ4v) is 3.58. The molecular formula is C22H24N2O2S. The van der Waals surface area contributed by atoms with Gasteiger partial charge in [0.1, 0.15) is 5.82 Å². The molecule has 140 valence electrons. The van der Waals surface area contributed by atoms with E-state index < -0.39 is 9.84 Å². The SMILES string of the molecule is C/C=C(\C)c1cn(C)c(Cc2ccc(-c3cccc(S(C)(=O)=O)c3)cc2)n1. The van der Waals surface area contributed by atoms with Crippen LogP contribution in [0.2, 0.25) is 0 Å². The van der Waals surface area contributed by atoms with Gasteiger partial charge in [0.2, 0.25) is 0 Å². The Kier molecular flexibility index (Phi) is 5.33. The molecule has 1 aromatic heterocycles. The average Bonchev–Trinajstić information content (AvgIpc) is 3.01. The summed E-state index contributed by atoms with van der Waals surface area (Å²) in [5, 5.41) is 0. The summed E-state index contributed by atoms with van der Waals surface area (Å²) in [4.78, 5) is 5.06. The molecule has 5 heteroatoms. The van der Waals surface area contributed by atoms with E-state index in [0.29, 0.717) is 4.90 Å². The molecule has 3 rings (SSSR count). The van der Waals surface area contributed by atoms with Gasteiger partial charge in [-0.2, -0.15) is 0 Å². The zero-order chi connectivity index (χ0) is 19.6. The van der Waals surface area contributed by atoms with Gasteiger partial charge in [0.05, 0.1) is 10.6 Å². The molecule has 4 nitrogen and oxygen atoms in total. The van der Waals surface area contributed by atoms with Crippen LogP contribution in [0.4, 0.5) is 0 Å². The van der Waals surface area contributed by atoms with Crippen LogP contribution in [0.15, 0.2) is 65.7 Å². The molecule has 0 spiro atoms. The monoisotopic (exact) mass is 380 g/mol. The number of allylic oxidation sites excluding steroid dienone is 2. The Morgan fingerprint density at radius 1 is 1.11 bits per heavy atom. The molecule has 0 unspecified atom stereocenters. The maximum absolute atomic E-state index is 11.8. The largest absolute Gasteiger partial charge is 0.337 e. The highest BCUT2D eigenvalue weighted by Gasteiger charge is 2.10. The van der Waals surface area contributed by atoms with Crippen molar-refractivity contribution in [2.75, 3.05) is 6.26 Å². The molecule has 0 aliphatic heterocycles. The van der Waals surface area contributed by atoms with Crippen LogP contribution >= 0.6 is 0 Å². The Morgan fingerprint density at radius 2 is 1.81 bits per heavy atom. The number of benzene rings is 2. The van der Waals surface area contributed by atoms with Crippen LogP contribution < -0.4 is 0 Å². The van der Waals surface area contributed by atoms with Crippen molar-refractivity contribution < 1.29 is 8.42 Å². The van der Waals surface area contributed by atoms with Gasteiger partial charge in [-0.15, -0.1) is 0 Å². The van der Waals surface area contributed by atoms with E-state index in [1.807, 2.05) is 32.2 Å². The zero-order valence-electron chi connectivity index (χ0n) is 16.1. The first kappa shape index (κ1) is 19.1. The number of aromatic nitrogens is 2. The highest BCUT2D eigenvalue weighted by molar-refractivity contribution is 7.90. The molecule has 0 fully saturated rings. The van der Waals surface area contributed by atoms with Crippen molar-refractivity contribution >= 4 is 15.4 Å². The topological polar surface area (TPSA) is 52.0 Å². The summed E-state index contributed by atoms with van der Waals surface area (Å²) in [5.41, 5.74) is 5.22. The molecular weight excluding hydrogens is 356 g/mol. The number of imidazole rings is 1. The van der Waals surface area contributed by atoms with E-state index in [9.17, 15) is 8.42 Å². The van der Waals surface area contributed by atoms with Crippen molar-refractivity contribution in [1.29, 1.82) is 0 Å². The average molecular weight is 381 g/mol. The second kappa shape index (κ2) is 7.53. The van der Waals surface area contributed by atoms with Crippen LogP contribution in [0.25, 0.3) is 16.7 Å². The second-order valence-corrected chi connectivity index (χ2v) is 8.81. The first-order chi connectivity index (χ1) is 12.8. The van der Waals surface area contributed by atoms with Crippen LogP contribution in [0.1, 0.15) is 30.9 Å². The summed E-state index contributed by atoms with van der Waals surface area (Å²) in [6.07, 6.45) is 6.09. The molecule has 0 bridgehead atoms. The van der Waals surface area contributed by atoms with Gasteiger partial charge in [0.25, 0.3) is 0 Å². The third kappa shape index (κ3) is 4.37. The fourth-order valence-electron chi connectivity index (χ4n) is 2.91. The third-order valence-corrected chi connectivity index (χ3v) is 5.83. The first-order valence-electron chi connectivity index (χ1n) is 8.83. The quantitative estimate of drug-likeness (QED) is 0.655. The molecule has 0 atom stereocenters. The standard InChI is InChI=1S/C22H24N2O2S/c1-5-16(2)21-15-24(3)22(23-21)13-17-9-11-18(12-10-17)19-7-6-8-20(14-19)27(4,25)26/h5-12,14-15H,13H2,1-4H3/b16-5+. The van der Waals surface area contributed by atoms with Crippen LogP contribution in [-0.4, -0.2) is 24.2 Å². The Morgan fingerprint density at radius 3 is 2.44 bits per heavy atom. The van der Waals surface area contributed by atoms with Crippen molar-refractivity contribution in [2.45, 2.75) is 25.2 Å². The molecule has 0 aliphatic rings. The van der Waals surface area contributed by atoms with Crippen LogP contribution in [0.3, 0.4) is 0 Å². The summed E-state index contributed by atoms with van der Waals surface area (Å²) in [5.74, 6) is 1.01. The van der Waals surface area contributed by atoms with E-state index in [-0.39, 0.29) is 0 Å². The number of nitrogens with zero attached hydrogens (tertiary/aromatic N) is 2. The number of rotatable bonds is 5. The van der Waals surface area contributed by atoms with Crippen LogP contribution in [0, 0.1) is 0 Å². The number of hydrogen-bond donors (Lipinski definition) is 0. The Bertz CT molecular complexity index is 1090. The number of hydrogen-bond acceptors (Lipinski definition) is 3. The maximum Gasteiger partial charge on any atom is 0.175 e. The van der Waals surface area contributed by atoms with Crippen molar-refractivity contribution in [3.63, 3.8) is 0 Å². The summed E-state index contributed by atoms with van der Waals surface area (Å²) < 4.78 is 25.6. The van der Waals surface area contributed by atoms with Gasteiger partial charge < -0.3 is 4.57 Å². The molecule has 0 saturated heterocycles. The van der Waals surface area contributed by atoms with Gasteiger partial charge in [-0.1, -0.05) is 42.5 Å². The lowest BCUT2D eigenvalue weighted by Gasteiger charge is -2.07. The molecule has 0 amide bonds. The molecule has 27 heavy (non-hydrogen) atoms. The molecule has 0 aliphatic carbocycles. The maximum atomic E-state index is 11.8. The summed E-state index contributed by atoms with van der Waals surface area (Å²) >= 11 is 0. The second-order valence-electron chi connectivity index (χ2n) is 6.80. The summed E-state index contributed by atoms with van der Waals surface area (Å²) in [6, 6.07) is 15.2. The molecule has 3 aromatic rings. The molecule has 0 saturated carbocycles. The third-order valence-electron chi connectivity index (χ3n) is 4.72. The van der Waals surface area contributed by atoms with Gasteiger partial charge in [-0.25, -0.2) is 13.4 Å². The van der Waals surface area contributed by atoms with E-state index in [0.717, 1.165) is 40.2 Å². The van der Waals surface area contributed by atoms with Gasteiger partial charge in [-0.3, -0.25) is 0 Å². The highest BCUT2D eigenvalue weighted by Crippen LogP contribution is 2.24. The van der Waals surface area contributed by atoms with Crippen molar-refractivity contribution in [2.24, 2.45) is 7.05 Å². The molecule has 0 N–H and O–H groups in total. The predicted octanol–water partition coefficient (Wildman–Crippen LogP) is 4.50. The zero-order valence-corrected chi connectivity index (χ0v) is 16.9. The van der Waals surface area contributed by atoms with E-state index in [1.54, 1.807) is 18.2 Å². The van der Waals surface area contributed by atoms with E-state index in [4.69, 9.17) is 4.98 Å². The minimum absolute atomic E-state index is 0.337. The Hall–Kier alpha value is -2.66. The fraction of sp³-hybridized carbons (Fsp3) is 0.227. The van der Waals surface area contributed by atoms with Crippen molar-refractivity contribution in [3.8, 4) is 11.1 Å². The van der Waals surface area contributed by atoms with Crippen molar-refractivity contribution in [3.05, 3.63) is 77.9 Å². The van der Waals surface area contributed by atoms with E-state index in [2.05, 4.69) is 35.9 Å². The first-order valence-corrected chi connectivity index (χ1v) is 10.7. The number of sulfone groups is 1. The van der Waals surface area contributed by atoms with Gasteiger partial charge >= 0.3 is 0 Å². The lowest BCUT2D eigenvalue weighted by molar-refractivity contribution is 0.602. The van der Waals surface area contributed by atoms with Crippen molar-refractivity contribution in [1.82, 2.24) is 9.55 Å². The predicted molar refractivity (Wildman–Crippen MR) is 110 cm³/mol. The minimum atomic E-state index is -3.21. The summed E-state index contributed by atoms with van der Waals surface area (Å²) in [6.45, 7) is 4.08. The minimum Gasteiger partial charge on any atom is -0.337 e. The summed E-state index contributed by atoms with van der Waals surface area (Å²) in [7, 11) is -1.20. The molecule has 0 radical (unpaired) electrons. The van der Waals surface area contributed by atoms with Crippen LogP contribution in [0.5, 0.6) is 0 Å². The van der Waals surface area contributed by atoms with E-state index in [1.165, 1.54) is 6.26 Å². The van der Waals surface area contributed by atoms with Crippen LogP contribution in [-0.2, 0) is 23.3 Å². The lowest BCUT2D eigenvalue weighted by atomic mass is 10.0. The van der Waals surface area contributed by atoms with Gasteiger partial charge in [0.15, 0.2) is 9.84 Å². The van der Waals surface area contributed by atoms with E-state index >= 15 is 0 Å². The normalized spacial score (nSPS) is 12.4. The number of aryl methyl sites for hydroxylation is 1. The molecule has 1 heterocycles. The van der Waals surface area contributed by atoms with Gasteiger partial charge in [-0.05, 0) is 48.2 Å². The smallest absolute Gasteiger partial charge is 0.175 e. The molecule has 2 aromatic carbocycles. The van der Waals surface area contributed by atoms with Gasteiger partial charge in [0, 0.05) is 25.9 Å².